The maximum absolute atomic E-state index is 11.1. The van der Waals surface area contributed by atoms with Gasteiger partial charge in [-0.25, -0.2) is 13.4 Å². The molecule has 18 heavy (non-hydrogen) atoms. The van der Waals surface area contributed by atoms with E-state index in [9.17, 15) is 8.42 Å². The van der Waals surface area contributed by atoms with E-state index in [1.807, 2.05) is 6.07 Å². The summed E-state index contributed by atoms with van der Waals surface area (Å²) < 4.78 is 24.6. The summed E-state index contributed by atoms with van der Waals surface area (Å²) in [6, 6.07) is 3.63. The van der Waals surface area contributed by atoms with Crippen LogP contribution in [0.2, 0.25) is 0 Å². The number of sulfonamides is 1. The van der Waals surface area contributed by atoms with Crippen molar-refractivity contribution in [3.63, 3.8) is 0 Å². The lowest BCUT2D eigenvalue weighted by atomic mass is 10.2. The van der Waals surface area contributed by atoms with E-state index < -0.39 is 10.0 Å². The topological polar surface area (TPSA) is 62.3 Å². The minimum atomic E-state index is -3.22. The Hall–Kier alpha value is -1.30. The summed E-state index contributed by atoms with van der Waals surface area (Å²) in [6.07, 6.45) is 7.67. The standard InChI is InChI=1S/C12H19N3O2S/c1-18(16,17)14-11-6-7-12(13-10-11)15-8-4-2-3-5-9-15/h6-7,10,14H,2-5,8-9H2,1H3. The van der Waals surface area contributed by atoms with Crippen molar-refractivity contribution >= 4 is 21.5 Å². The molecular formula is C12H19N3O2S. The number of hydrogen-bond acceptors (Lipinski definition) is 4. The summed E-state index contributed by atoms with van der Waals surface area (Å²) in [4.78, 5) is 6.59. The van der Waals surface area contributed by atoms with Gasteiger partial charge in [0, 0.05) is 13.1 Å². The first kappa shape index (κ1) is 13.1. The second-order valence-corrected chi connectivity index (χ2v) is 6.43. The Morgan fingerprint density at radius 1 is 1.17 bits per heavy atom. The minimum Gasteiger partial charge on any atom is -0.357 e. The molecule has 5 nitrogen and oxygen atoms in total. The van der Waals surface area contributed by atoms with Gasteiger partial charge in [-0.15, -0.1) is 0 Å². The Balaban J connectivity index is 2.06. The van der Waals surface area contributed by atoms with Crippen molar-refractivity contribution in [1.82, 2.24) is 4.98 Å². The maximum atomic E-state index is 11.1. The first-order valence-electron chi connectivity index (χ1n) is 6.23. The molecule has 1 aliphatic heterocycles. The number of rotatable bonds is 3. The van der Waals surface area contributed by atoms with Crippen LogP contribution in [0.5, 0.6) is 0 Å². The molecule has 0 unspecified atom stereocenters. The lowest BCUT2D eigenvalue weighted by molar-refractivity contribution is 0.607. The number of nitrogens with one attached hydrogen (secondary N) is 1. The molecule has 0 aliphatic carbocycles. The summed E-state index contributed by atoms with van der Waals surface area (Å²) in [5.74, 6) is 0.927. The number of aromatic nitrogens is 1. The molecular weight excluding hydrogens is 250 g/mol. The van der Waals surface area contributed by atoms with Gasteiger partial charge in [-0.3, -0.25) is 4.72 Å². The molecule has 0 amide bonds. The highest BCUT2D eigenvalue weighted by molar-refractivity contribution is 7.92. The highest BCUT2D eigenvalue weighted by atomic mass is 32.2. The smallest absolute Gasteiger partial charge is 0.229 e. The van der Waals surface area contributed by atoms with E-state index in [1.54, 1.807) is 12.3 Å². The van der Waals surface area contributed by atoms with Crippen LogP contribution in [-0.4, -0.2) is 32.7 Å². The molecule has 6 heteroatoms. The summed E-state index contributed by atoms with van der Waals surface area (Å²) in [6.45, 7) is 2.07. The zero-order valence-corrected chi connectivity index (χ0v) is 11.4. The van der Waals surface area contributed by atoms with Crippen molar-refractivity contribution in [2.75, 3.05) is 29.0 Å². The molecule has 1 N–H and O–H groups in total. The van der Waals surface area contributed by atoms with Crippen molar-refractivity contribution in [3.8, 4) is 0 Å². The van der Waals surface area contributed by atoms with E-state index in [-0.39, 0.29) is 0 Å². The van der Waals surface area contributed by atoms with E-state index in [4.69, 9.17) is 0 Å². The average molecular weight is 269 g/mol. The van der Waals surface area contributed by atoms with E-state index >= 15 is 0 Å². The third-order valence-electron chi connectivity index (χ3n) is 2.98. The van der Waals surface area contributed by atoms with Gasteiger partial charge in [-0.1, -0.05) is 12.8 Å². The van der Waals surface area contributed by atoms with Crippen molar-refractivity contribution in [1.29, 1.82) is 0 Å². The molecule has 0 spiro atoms. The lowest BCUT2D eigenvalue weighted by Crippen LogP contribution is -2.24. The molecule has 0 aromatic carbocycles. The predicted octanol–water partition coefficient (Wildman–Crippen LogP) is 1.83. The maximum Gasteiger partial charge on any atom is 0.229 e. The molecule has 1 saturated heterocycles. The van der Waals surface area contributed by atoms with Gasteiger partial charge >= 0.3 is 0 Å². The molecule has 0 saturated carbocycles. The molecule has 2 heterocycles. The highest BCUT2D eigenvalue weighted by Crippen LogP contribution is 2.19. The Bertz CT molecular complexity index is 477. The molecule has 100 valence electrons. The lowest BCUT2D eigenvalue weighted by Gasteiger charge is -2.21. The molecule has 1 aliphatic rings. The van der Waals surface area contributed by atoms with Crippen LogP contribution in [0.3, 0.4) is 0 Å². The van der Waals surface area contributed by atoms with E-state index in [0.717, 1.165) is 25.2 Å². The van der Waals surface area contributed by atoms with Gasteiger partial charge in [-0.2, -0.15) is 0 Å². The molecule has 1 fully saturated rings. The average Bonchev–Trinajstić information content (AvgIpc) is 2.56. The van der Waals surface area contributed by atoms with Gasteiger partial charge in [0.15, 0.2) is 0 Å². The van der Waals surface area contributed by atoms with Crippen molar-refractivity contribution in [2.45, 2.75) is 25.7 Å². The van der Waals surface area contributed by atoms with Crippen molar-refractivity contribution < 1.29 is 8.42 Å². The Morgan fingerprint density at radius 3 is 2.33 bits per heavy atom. The second kappa shape index (κ2) is 5.56. The van der Waals surface area contributed by atoms with Crippen LogP contribution < -0.4 is 9.62 Å². The SMILES string of the molecule is CS(=O)(=O)Nc1ccc(N2CCCCCC2)nc1. The molecule has 2 rings (SSSR count). The first-order chi connectivity index (χ1) is 8.54. The van der Waals surface area contributed by atoms with Gasteiger partial charge in [0.2, 0.25) is 10.0 Å². The fraction of sp³-hybridized carbons (Fsp3) is 0.583. The van der Waals surface area contributed by atoms with Crippen LogP contribution in [0.25, 0.3) is 0 Å². The van der Waals surface area contributed by atoms with E-state index in [1.165, 1.54) is 25.7 Å². The predicted molar refractivity (Wildman–Crippen MR) is 73.4 cm³/mol. The van der Waals surface area contributed by atoms with Crippen LogP contribution in [0, 0.1) is 0 Å². The monoisotopic (exact) mass is 269 g/mol. The fourth-order valence-electron chi connectivity index (χ4n) is 2.15. The second-order valence-electron chi connectivity index (χ2n) is 4.68. The summed E-state index contributed by atoms with van der Waals surface area (Å²) in [5.41, 5.74) is 0.510. The van der Waals surface area contributed by atoms with Crippen molar-refractivity contribution in [2.24, 2.45) is 0 Å². The quantitative estimate of drug-likeness (QED) is 0.909. The molecule has 0 radical (unpaired) electrons. The van der Waals surface area contributed by atoms with E-state index in [2.05, 4.69) is 14.6 Å². The number of hydrogen-bond donors (Lipinski definition) is 1. The summed E-state index contributed by atoms with van der Waals surface area (Å²) in [7, 11) is -3.22. The van der Waals surface area contributed by atoms with Crippen LogP contribution >= 0.6 is 0 Å². The van der Waals surface area contributed by atoms with Crippen LogP contribution in [0.1, 0.15) is 25.7 Å². The number of pyridine rings is 1. The number of nitrogens with zero attached hydrogens (tertiary/aromatic N) is 2. The Kier molecular flexibility index (Phi) is 4.06. The Morgan fingerprint density at radius 2 is 1.83 bits per heavy atom. The zero-order chi connectivity index (χ0) is 13.0. The normalized spacial score (nSPS) is 17.3. The molecule has 1 aromatic rings. The van der Waals surface area contributed by atoms with Crippen molar-refractivity contribution in [3.05, 3.63) is 18.3 Å². The van der Waals surface area contributed by atoms with Crippen LogP contribution in [-0.2, 0) is 10.0 Å². The third-order valence-corrected chi connectivity index (χ3v) is 3.59. The van der Waals surface area contributed by atoms with Gasteiger partial charge < -0.3 is 4.90 Å². The highest BCUT2D eigenvalue weighted by Gasteiger charge is 2.11. The van der Waals surface area contributed by atoms with Gasteiger partial charge in [-0.05, 0) is 25.0 Å². The summed E-state index contributed by atoms with van der Waals surface area (Å²) >= 11 is 0. The van der Waals surface area contributed by atoms with Crippen LogP contribution in [0.4, 0.5) is 11.5 Å². The minimum absolute atomic E-state index is 0.510. The third kappa shape index (κ3) is 3.87. The van der Waals surface area contributed by atoms with Gasteiger partial charge in [0.05, 0.1) is 18.1 Å². The largest absolute Gasteiger partial charge is 0.357 e. The zero-order valence-electron chi connectivity index (χ0n) is 10.6. The molecule has 1 aromatic heterocycles. The van der Waals surface area contributed by atoms with Crippen LogP contribution in [0.15, 0.2) is 18.3 Å². The molecule has 0 bridgehead atoms. The van der Waals surface area contributed by atoms with E-state index in [0.29, 0.717) is 5.69 Å². The first-order valence-corrected chi connectivity index (χ1v) is 8.12. The van der Waals surface area contributed by atoms with Gasteiger partial charge in [0.1, 0.15) is 5.82 Å². The number of anilines is 2. The Labute approximate surface area is 108 Å². The summed E-state index contributed by atoms with van der Waals surface area (Å²) in [5, 5.41) is 0. The fourth-order valence-corrected chi connectivity index (χ4v) is 2.70. The molecule has 0 atom stereocenters. The van der Waals surface area contributed by atoms with Gasteiger partial charge in [0.25, 0.3) is 0 Å².